The molecule has 142 valence electrons. The van der Waals surface area contributed by atoms with Crippen molar-refractivity contribution in [1.82, 2.24) is 10.4 Å². The number of thioether (sulfide) groups is 1. The Balaban J connectivity index is 1.80. The van der Waals surface area contributed by atoms with Crippen LogP contribution < -0.4 is 10.2 Å². The molecule has 1 fully saturated rings. The maximum absolute atomic E-state index is 12.6. The number of ether oxygens (including phenoxy) is 1. The van der Waals surface area contributed by atoms with Gasteiger partial charge in [0, 0.05) is 11.6 Å². The third-order valence-electron chi connectivity index (χ3n) is 3.78. The summed E-state index contributed by atoms with van der Waals surface area (Å²) in [6.45, 7) is 0. The minimum Gasteiger partial charge on any atom is -0.497 e. The van der Waals surface area contributed by atoms with Crippen LogP contribution in [-0.4, -0.2) is 33.2 Å². The van der Waals surface area contributed by atoms with Crippen molar-refractivity contribution in [3.63, 3.8) is 0 Å². The summed E-state index contributed by atoms with van der Waals surface area (Å²) < 4.78 is 5.16. The second kappa shape index (κ2) is 8.19. The summed E-state index contributed by atoms with van der Waals surface area (Å²) in [4.78, 5) is 35.8. The Kier molecular flexibility index (Phi) is 5.71. The van der Waals surface area contributed by atoms with Gasteiger partial charge < -0.3 is 4.74 Å². The zero-order chi connectivity index (χ0) is 20.3. The molecule has 0 aliphatic carbocycles. The molecule has 1 aliphatic heterocycles. The van der Waals surface area contributed by atoms with Crippen molar-refractivity contribution >= 4 is 51.9 Å². The van der Waals surface area contributed by atoms with Crippen LogP contribution in [-0.2, 0) is 4.79 Å². The van der Waals surface area contributed by atoms with Crippen molar-refractivity contribution in [2.45, 2.75) is 0 Å². The van der Waals surface area contributed by atoms with Crippen LogP contribution in [0, 0.1) is 10.1 Å². The van der Waals surface area contributed by atoms with Gasteiger partial charge in [-0.1, -0.05) is 23.9 Å². The molecule has 2 aromatic carbocycles. The number of amides is 2. The highest BCUT2D eigenvalue weighted by atomic mass is 32.2. The highest BCUT2D eigenvalue weighted by Gasteiger charge is 2.34. The Labute approximate surface area is 169 Å². The van der Waals surface area contributed by atoms with E-state index in [9.17, 15) is 19.7 Å². The normalized spacial score (nSPS) is 15.0. The molecule has 0 atom stereocenters. The Morgan fingerprint density at radius 2 is 1.93 bits per heavy atom. The van der Waals surface area contributed by atoms with E-state index in [4.69, 9.17) is 17.0 Å². The van der Waals surface area contributed by atoms with Crippen LogP contribution in [0.2, 0.25) is 0 Å². The standard InChI is InChI=1S/C18H13N3O5S2/c1-26-13-8-6-11(7-9-13)16(22)19-20-17(23)15(28-18(20)27)10-12-4-2-3-5-14(12)21(24)25/h2-10H,1H3,(H,19,22)/b15-10+. The number of carbonyl (C=O) groups excluding carboxylic acids is 2. The van der Waals surface area contributed by atoms with Gasteiger partial charge in [0.2, 0.25) is 0 Å². The van der Waals surface area contributed by atoms with E-state index >= 15 is 0 Å². The summed E-state index contributed by atoms with van der Waals surface area (Å²) in [5.41, 5.74) is 2.91. The smallest absolute Gasteiger partial charge is 0.285 e. The third-order valence-corrected chi connectivity index (χ3v) is 5.08. The molecular weight excluding hydrogens is 402 g/mol. The molecule has 8 nitrogen and oxygen atoms in total. The molecule has 2 amide bonds. The number of para-hydroxylation sites is 1. The third kappa shape index (κ3) is 4.02. The molecular formula is C18H13N3O5S2. The zero-order valence-electron chi connectivity index (χ0n) is 14.4. The average molecular weight is 415 g/mol. The topological polar surface area (TPSA) is 102 Å². The molecule has 0 unspecified atom stereocenters. The highest BCUT2D eigenvalue weighted by Crippen LogP contribution is 2.33. The monoisotopic (exact) mass is 415 g/mol. The first kappa shape index (κ1) is 19.5. The van der Waals surface area contributed by atoms with Crippen molar-refractivity contribution in [2.75, 3.05) is 7.11 Å². The molecule has 1 heterocycles. The van der Waals surface area contributed by atoms with Gasteiger partial charge in [-0.25, -0.2) is 0 Å². The summed E-state index contributed by atoms with van der Waals surface area (Å²) in [5.74, 6) is -0.490. The van der Waals surface area contributed by atoms with Crippen molar-refractivity contribution in [1.29, 1.82) is 0 Å². The number of benzene rings is 2. The van der Waals surface area contributed by atoms with E-state index in [1.165, 1.54) is 31.4 Å². The Hall–Kier alpha value is -3.24. The van der Waals surface area contributed by atoms with Gasteiger partial charge in [0.25, 0.3) is 17.5 Å². The molecule has 0 bridgehead atoms. The lowest BCUT2D eigenvalue weighted by Crippen LogP contribution is -2.44. The number of methoxy groups -OCH3 is 1. The minimum atomic E-state index is -0.560. The van der Waals surface area contributed by atoms with Gasteiger partial charge >= 0.3 is 0 Å². The fourth-order valence-electron chi connectivity index (χ4n) is 2.39. The van der Waals surface area contributed by atoms with Crippen LogP contribution in [0.25, 0.3) is 6.08 Å². The molecule has 0 radical (unpaired) electrons. The summed E-state index contributed by atoms with van der Waals surface area (Å²) in [5, 5.41) is 12.1. The molecule has 1 aliphatic rings. The Morgan fingerprint density at radius 1 is 1.25 bits per heavy atom. The van der Waals surface area contributed by atoms with Gasteiger partial charge in [-0.2, -0.15) is 5.01 Å². The second-order valence-electron chi connectivity index (χ2n) is 5.50. The number of hydrogen-bond acceptors (Lipinski definition) is 7. The minimum absolute atomic E-state index is 0.122. The number of hydrogen-bond donors (Lipinski definition) is 1. The number of rotatable bonds is 5. The van der Waals surface area contributed by atoms with E-state index in [0.717, 1.165) is 16.8 Å². The lowest BCUT2D eigenvalue weighted by atomic mass is 10.1. The van der Waals surface area contributed by atoms with E-state index in [1.807, 2.05) is 0 Å². The van der Waals surface area contributed by atoms with Gasteiger partial charge in [0.1, 0.15) is 5.75 Å². The number of nitro benzene ring substituents is 1. The molecule has 1 N–H and O–H groups in total. The van der Waals surface area contributed by atoms with Crippen molar-refractivity contribution < 1.29 is 19.2 Å². The maximum Gasteiger partial charge on any atom is 0.285 e. The zero-order valence-corrected chi connectivity index (χ0v) is 16.1. The maximum atomic E-state index is 12.6. The van der Waals surface area contributed by atoms with Crippen LogP contribution in [0.15, 0.2) is 53.4 Å². The predicted octanol–water partition coefficient (Wildman–Crippen LogP) is 3.15. The molecule has 28 heavy (non-hydrogen) atoms. The molecule has 0 spiro atoms. The molecule has 10 heteroatoms. The predicted molar refractivity (Wildman–Crippen MR) is 109 cm³/mol. The Morgan fingerprint density at radius 3 is 2.57 bits per heavy atom. The van der Waals surface area contributed by atoms with Crippen LogP contribution in [0.4, 0.5) is 5.69 Å². The number of hydrazine groups is 1. The Bertz CT molecular complexity index is 1000. The first-order valence-electron chi connectivity index (χ1n) is 7.87. The van der Waals surface area contributed by atoms with Crippen LogP contribution in [0.5, 0.6) is 5.75 Å². The van der Waals surface area contributed by atoms with Gasteiger partial charge in [-0.3, -0.25) is 25.1 Å². The quantitative estimate of drug-likeness (QED) is 0.346. The molecule has 1 saturated heterocycles. The van der Waals surface area contributed by atoms with E-state index in [-0.39, 0.29) is 20.5 Å². The van der Waals surface area contributed by atoms with E-state index in [1.54, 1.807) is 30.3 Å². The SMILES string of the molecule is COc1ccc(C(=O)NN2C(=O)/C(=C\c3ccccc3[N+](=O)[O-])SC2=S)cc1. The van der Waals surface area contributed by atoms with E-state index in [0.29, 0.717) is 11.3 Å². The lowest BCUT2D eigenvalue weighted by molar-refractivity contribution is -0.385. The number of nitrogens with zero attached hydrogens (tertiary/aromatic N) is 2. The summed E-state index contributed by atoms with van der Waals surface area (Å²) in [6.07, 6.45) is 1.39. The number of carbonyl (C=O) groups is 2. The first-order chi connectivity index (χ1) is 13.4. The summed E-state index contributed by atoms with van der Waals surface area (Å²) >= 11 is 6.11. The summed E-state index contributed by atoms with van der Waals surface area (Å²) in [6, 6.07) is 12.4. The molecule has 2 aromatic rings. The molecule has 3 rings (SSSR count). The second-order valence-corrected chi connectivity index (χ2v) is 7.18. The van der Waals surface area contributed by atoms with Crippen LogP contribution >= 0.6 is 24.0 Å². The van der Waals surface area contributed by atoms with Gasteiger partial charge in [-0.15, -0.1) is 0 Å². The first-order valence-corrected chi connectivity index (χ1v) is 9.09. The van der Waals surface area contributed by atoms with Crippen molar-refractivity contribution in [3.05, 3.63) is 74.7 Å². The van der Waals surface area contributed by atoms with Gasteiger partial charge in [0.15, 0.2) is 4.32 Å². The van der Waals surface area contributed by atoms with E-state index < -0.39 is 16.7 Å². The van der Waals surface area contributed by atoms with Crippen LogP contribution in [0.1, 0.15) is 15.9 Å². The van der Waals surface area contributed by atoms with Gasteiger partial charge in [-0.05, 0) is 48.6 Å². The highest BCUT2D eigenvalue weighted by molar-refractivity contribution is 8.26. The number of nitro groups is 1. The molecule has 0 aromatic heterocycles. The summed E-state index contributed by atoms with van der Waals surface area (Å²) in [7, 11) is 1.51. The number of thiocarbonyl (C=S) groups is 1. The largest absolute Gasteiger partial charge is 0.497 e. The van der Waals surface area contributed by atoms with E-state index in [2.05, 4.69) is 5.43 Å². The van der Waals surface area contributed by atoms with Gasteiger partial charge in [0.05, 0.1) is 22.5 Å². The lowest BCUT2D eigenvalue weighted by Gasteiger charge is -2.15. The number of nitrogens with one attached hydrogen (secondary N) is 1. The van der Waals surface area contributed by atoms with Crippen LogP contribution in [0.3, 0.4) is 0 Å². The van der Waals surface area contributed by atoms with Crippen molar-refractivity contribution in [2.24, 2.45) is 0 Å². The fourth-order valence-corrected chi connectivity index (χ4v) is 3.56. The fraction of sp³-hybridized carbons (Fsp3) is 0.0556. The average Bonchev–Trinajstić information content (AvgIpc) is 2.95. The molecule has 0 saturated carbocycles. The van der Waals surface area contributed by atoms with Crippen molar-refractivity contribution in [3.8, 4) is 5.75 Å².